The van der Waals surface area contributed by atoms with Crippen LogP contribution in [0.1, 0.15) is 32.7 Å². The molecule has 5 heteroatoms. The van der Waals surface area contributed by atoms with Crippen LogP contribution in [-0.2, 0) is 6.54 Å². The van der Waals surface area contributed by atoms with E-state index in [9.17, 15) is 5.11 Å². The zero-order valence-electron chi connectivity index (χ0n) is 7.60. The van der Waals surface area contributed by atoms with Gasteiger partial charge in [-0.05, 0) is 23.3 Å². The molecule has 0 fully saturated rings. The maximum atomic E-state index is 9.64. The quantitative estimate of drug-likeness (QED) is 0.712. The molecular formula is C7H14N4O. The lowest BCUT2D eigenvalue weighted by atomic mass is 10.1. The van der Waals surface area contributed by atoms with Gasteiger partial charge in [0.1, 0.15) is 6.10 Å². The van der Waals surface area contributed by atoms with Gasteiger partial charge in [-0.15, -0.1) is 5.10 Å². The van der Waals surface area contributed by atoms with Gasteiger partial charge in [-0.1, -0.05) is 13.8 Å². The van der Waals surface area contributed by atoms with Crippen molar-refractivity contribution in [1.29, 1.82) is 0 Å². The SMILES string of the molecule is CCn1nnnc1C(O)C(C)C. The van der Waals surface area contributed by atoms with Crippen molar-refractivity contribution >= 4 is 0 Å². The Morgan fingerprint density at radius 1 is 1.50 bits per heavy atom. The molecule has 68 valence electrons. The highest BCUT2D eigenvalue weighted by molar-refractivity contribution is 4.88. The van der Waals surface area contributed by atoms with Crippen molar-refractivity contribution in [3.63, 3.8) is 0 Å². The highest BCUT2D eigenvalue weighted by Gasteiger charge is 2.18. The topological polar surface area (TPSA) is 63.8 Å². The van der Waals surface area contributed by atoms with Gasteiger partial charge in [0.25, 0.3) is 0 Å². The van der Waals surface area contributed by atoms with Crippen molar-refractivity contribution < 1.29 is 5.11 Å². The minimum atomic E-state index is -0.569. The van der Waals surface area contributed by atoms with Crippen molar-refractivity contribution in [2.75, 3.05) is 0 Å². The van der Waals surface area contributed by atoms with Gasteiger partial charge >= 0.3 is 0 Å². The molecule has 5 nitrogen and oxygen atoms in total. The zero-order chi connectivity index (χ0) is 9.14. The highest BCUT2D eigenvalue weighted by atomic mass is 16.3. The second-order valence-corrected chi connectivity index (χ2v) is 3.04. The first-order valence-electron chi connectivity index (χ1n) is 4.11. The van der Waals surface area contributed by atoms with Crippen LogP contribution >= 0.6 is 0 Å². The largest absolute Gasteiger partial charge is 0.385 e. The molecule has 0 spiro atoms. The predicted octanol–water partition coefficient (Wildman–Crippen LogP) is 0.382. The molecule has 1 N–H and O–H groups in total. The van der Waals surface area contributed by atoms with Crippen molar-refractivity contribution in [1.82, 2.24) is 20.2 Å². The first kappa shape index (κ1) is 9.12. The van der Waals surface area contributed by atoms with E-state index in [1.807, 2.05) is 20.8 Å². The molecular weight excluding hydrogens is 156 g/mol. The van der Waals surface area contributed by atoms with Crippen LogP contribution in [0.2, 0.25) is 0 Å². The molecule has 0 saturated carbocycles. The van der Waals surface area contributed by atoms with E-state index in [0.29, 0.717) is 12.4 Å². The molecule has 1 aromatic heterocycles. The molecule has 1 rings (SSSR count). The Morgan fingerprint density at radius 2 is 2.17 bits per heavy atom. The third kappa shape index (κ3) is 1.61. The lowest BCUT2D eigenvalue weighted by molar-refractivity contribution is 0.112. The lowest BCUT2D eigenvalue weighted by Crippen LogP contribution is -2.13. The van der Waals surface area contributed by atoms with Gasteiger partial charge in [-0.3, -0.25) is 0 Å². The number of tetrazole rings is 1. The molecule has 1 atom stereocenters. The number of aliphatic hydroxyl groups excluding tert-OH is 1. The Balaban J connectivity index is 2.86. The maximum Gasteiger partial charge on any atom is 0.180 e. The Bertz CT molecular complexity index is 245. The molecule has 0 bridgehead atoms. The average Bonchev–Trinajstić information content (AvgIpc) is 2.49. The van der Waals surface area contributed by atoms with Crippen LogP contribution in [0.25, 0.3) is 0 Å². The molecule has 0 amide bonds. The molecule has 12 heavy (non-hydrogen) atoms. The van der Waals surface area contributed by atoms with E-state index in [2.05, 4.69) is 15.5 Å². The molecule has 0 aliphatic heterocycles. The zero-order valence-corrected chi connectivity index (χ0v) is 7.60. The van der Waals surface area contributed by atoms with Gasteiger partial charge in [0.05, 0.1) is 0 Å². The van der Waals surface area contributed by atoms with Crippen LogP contribution in [0.4, 0.5) is 0 Å². The predicted molar refractivity (Wildman–Crippen MR) is 43.3 cm³/mol. The van der Waals surface area contributed by atoms with Gasteiger partial charge in [-0.2, -0.15) is 0 Å². The summed E-state index contributed by atoms with van der Waals surface area (Å²) >= 11 is 0. The third-order valence-electron chi connectivity index (χ3n) is 1.76. The van der Waals surface area contributed by atoms with Crippen molar-refractivity contribution in [2.45, 2.75) is 33.4 Å². The molecule has 0 radical (unpaired) electrons. The Hall–Kier alpha value is -0.970. The second kappa shape index (κ2) is 3.62. The molecule has 0 aliphatic carbocycles. The first-order valence-corrected chi connectivity index (χ1v) is 4.11. The van der Waals surface area contributed by atoms with E-state index in [1.54, 1.807) is 4.68 Å². The van der Waals surface area contributed by atoms with Crippen LogP contribution < -0.4 is 0 Å². The third-order valence-corrected chi connectivity index (χ3v) is 1.76. The van der Waals surface area contributed by atoms with E-state index in [1.165, 1.54) is 0 Å². The number of rotatable bonds is 3. The summed E-state index contributed by atoms with van der Waals surface area (Å²) in [5.41, 5.74) is 0. The van der Waals surface area contributed by atoms with Crippen LogP contribution in [-0.4, -0.2) is 25.3 Å². The Morgan fingerprint density at radius 3 is 2.67 bits per heavy atom. The summed E-state index contributed by atoms with van der Waals surface area (Å²) in [5, 5.41) is 20.6. The summed E-state index contributed by atoms with van der Waals surface area (Å²) in [4.78, 5) is 0. The highest BCUT2D eigenvalue weighted by Crippen LogP contribution is 2.17. The van der Waals surface area contributed by atoms with Gasteiger partial charge in [0.15, 0.2) is 5.82 Å². The molecule has 0 aromatic carbocycles. The smallest absolute Gasteiger partial charge is 0.180 e. The van der Waals surface area contributed by atoms with Gasteiger partial charge in [-0.25, -0.2) is 4.68 Å². The number of hydrogen-bond donors (Lipinski definition) is 1. The van der Waals surface area contributed by atoms with Crippen molar-refractivity contribution in [2.24, 2.45) is 5.92 Å². The second-order valence-electron chi connectivity index (χ2n) is 3.04. The fourth-order valence-electron chi connectivity index (χ4n) is 0.947. The van der Waals surface area contributed by atoms with E-state index in [4.69, 9.17) is 0 Å². The van der Waals surface area contributed by atoms with Crippen LogP contribution in [0.3, 0.4) is 0 Å². The van der Waals surface area contributed by atoms with Crippen LogP contribution in [0, 0.1) is 5.92 Å². The van der Waals surface area contributed by atoms with Gasteiger partial charge in [0.2, 0.25) is 0 Å². The Labute approximate surface area is 71.4 Å². The molecule has 1 heterocycles. The van der Waals surface area contributed by atoms with E-state index in [0.717, 1.165) is 0 Å². The normalized spacial score (nSPS) is 13.8. The van der Waals surface area contributed by atoms with E-state index < -0.39 is 6.10 Å². The van der Waals surface area contributed by atoms with E-state index in [-0.39, 0.29) is 5.92 Å². The Kier molecular flexibility index (Phi) is 2.75. The van der Waals surface area contributed by atoms with Crippen molar-refractivity contribution in [3.8, 4) is 0 Å². The molecule has 0 aliphatic rings. The fourth-order valence-corrected chi connectivity index (χ4v) is 0.947. The summed E-state index contributed by atoms with van der Waals surface area (Å²) in [5.74, 6) is 0.689. The maximum absolute atomic E-state index is 9.64. The number of aliphatic hydroxyl groups is 1. The molecule has 1 aromatic rings. The minimum Gasteiger partial charge on any atom is -0.385 e. The standard InChI is InChI=1S/C7H14N4O/c1-4-11-7(8-9-10-11)6(12)5(2)3/h5-6,12H,4H2,1-3H3. The van der Waals surface area contributed by atoms with Crippen LogP contribution in [0.5, 0.6) is 0 Å². The number of aromatic nitrogens is 4. The summed E-state index contributed by atoms with van der Waals surface area (Å²) < 4.78 is 1.60. The molecule has 0 saturated heterocycles. The van der Waals surface area contributed by atoms with Gasteiger partial charge < -0.3 is 5.11 Å². The summed E-state index contributed by atoms with van der Waals surface area (Å²) in [6, 6.07) is 0. The minimum absolute atomic E-state index is 0.140. The van der Waals surface area contributed by atoms with Gasteiger partial charge in [0, 0.05) is 6.54 Å². The van der Waals surface area contributed by atoms with Crippen LogP contribution in [0.15, 0.2) is 0 Å². The van der Waals surface area contributed by atoms with Crippen molar-refractivity contribution in [3.05, 3.63) is 5.82 Å². The molecule has 1 unspecified atom stereocenters. The summed E-state index contributed by atoms with van der Waals surface area (Å²) in [6.07, 6.45) is -0.569. The number of hydrogen-bond acceptors (Lipinski definition) is 4. The van der Waals surface area contributed by atoms with E-state index >= 15 is 0 Å². The number of aryl methyl sites for hydroxylation is 1. The first-order chi connectivity index (χ1) is 5.66. The monoisotopic (exact) mass is 170 g/mol. The number of nitrogens with zero attached hydrogens (tertiary/aromatic N) is 4. The lowest BCUT2D eigenvalue weighted by Gasteiger charge is -2.12. The summed E-state index contributed by atoms with van der Waals surface area (Å²) in [7, 11) is 0. The fraction of sp³-hybridized carbons (Fsp3) is 0.857. The summed E-state index contributed by atoms with van der Waals surface area (Å²) in [6.45, 7) is 6.48. The average molecular weight is 170 g/mol.